The minimum Gasteiger partial charge on any atom is -0.449 e. The molecule has 2 aromatic carbocycles. The monoisotopic (exact) mass is 730 g/mol. The van der Waals surface area contributed by atoms with Crippen LogP contribution >= 0.6 is 0 Å². The molecule has 5 N–H and O–H groups in total. The maximum absolute atomic E-state index is 12.6. The van der Waals surface area contributed by atoms with Gasteiger partial charge < -0.3 is 54.8 Å². The Hall–Kier alpha value is -3.63. The summed E-state index contributed by atoms with van der Waals surface area (Å²) in [6.07, 6.45) is 1.66. The molecule has 0 spiro atoms. The first-order chi connectivity index (χ1) is 25.5. The molecule has 52 heavy (non-hydrogen) atoms. The Morgan fingerprint density at radius 3 is 1.77 bits per heavy atom. The van der Waals surface area contributed by atoms with Crippen molar-refractivity contribution in [3.8, 4) is 11.1 Å². The van der Waals surface area contributed by atoms with Crippen molar-refractivity contribution in [1.29, 1.82) is 0 Å². The number of benzene rings is 2. The minimum absolute atomic E-state index is 0.0206. The van der Waals surface area contributed by atoms with Gasteiger partial charge in [-0.25, -0.2) is 4.79 Å². The first-order valence-electron chi connectivity index (χ1n) is 18.4. The van der Waals surface area contributed by atoms with Crippen LogP contribution in [0.25, 0.3) is 11.1 Å². The van der Waals surface area contributed by atoms with E-state index in [1.165, 1.54) is 22.3 Å². The molecular weight excluding hydrogens is 672 g/mol. The molecule has 2 aromatic rings. The predicted octanol–water partition coefficient (Wildman–Crippen LogP) is 2.76. The molecule has 1 aliphatic carbocycles. The van der Waals surface area contributed by atoms with E-state index in [0.717, 1.165) is 12.8 Å². The zero-order valence-corrected chi connectivity index (χ0v) is 30.6. The molecule has 14 heteroatoms. The summed E-state index contributed by atoms with van der Waals surface area (Å²) in [7, 11) is 0. The van der Waals surface area contributed by atoms with Gasteiger partial charge in [-0.2, -0.15) is 0 Å². The van der Waals surface area contributed by atoms with Crippen LogP contribution in [0.1, 0.15) is 49.7 Å². The first kappa shape index (κ1) is 42.8. The average Bonchev–Trinajstić information content (AvgIpc) is 3.48. The Balaban J connectivity index is 1.11. The van der Waals surface area contributed by atoms with Crippen LogP contribution < -0.4 is 21.7 Å². The SMILES string of the molecule is CCOCCOCCNC(=O)C(CCCCN)NC(=O)CCOCCOCCOCCOCCNC(=O)OCC1c2ccccc2-c2ccccc21. The molecule has 1 atom stereocenters. The number of ether oxygens (including phenoxy) is 7. The zero-order valence-electron chi connectivity index (χ0n) is 30.6. The fourth-order valence-corrected chi connectivity index (χ4v) is 5.56. The number of fused-ring (bicyclic) bond motifs is 3. The molecule has 0 saturated carbocycles. The van der Waals surface area contributed by atoms with Gasteiger partial charge in [-0.1, -0.05) is 48.5 Å². The lowest BCUT2D eigenvalue weighted by Gasteiger charge is -2.18. The fraction of sp³-hybridized carbons (Fsp3) is 0.605. The van der Waals surface area contributed by atoms with Gasteiger partial charge in [0.25, 0.3) is 0 Å². The molecule has 0 aromatic heterocycles. The van der Waals surface area contributed by atoms with E-state index in [9.17, 15) is 14.4 Å². The number of unbranched alkanes of at least 4 members (excludes halogenated alkanes) is 1. The number of carbonyl (C=O) groups is 3. The van der Waals surface area contributed by atoms with Gasteiger partial charge in [0.05, 0.1) is 72.7 Å². The van der Waals surface area contributed by atoms with E-state index >= 15 is 0 Å². The highest BCUT2D eigenvalue weighted by Gasteiger charge is 2.29. The molecule has 0 fully saturated rings. The summed E-state index contributed by atoms with van der Waals surface area (Å²) in [6.45, 7) is 8.19. The molecule has 3 rings (SSSR count). The summed E-state index contributed by atoms with van der Waals surface area (Å²) in [5.74, 6) is -0.484. The number of rotatable bonds is 30. The van der Waals surface area contributed by atoms with Gasteiger partial charge in [0.15, 0.2) is 0 Å². The molecular formula is C38H58N4O10. The second-order valence-corrected chi connectivity index (χ2v) is 12.0. The quantitative estimate of drug-likeness (QED) is 0.0870. The first-order valence-corrected chi connectivity index (χ1v) is 18.4. The van der Waals surface area contributed by atoms with Crippen LogP contribution in [0.15, 0.2) is 48.5 Å². The lowest BCUT2D eigenvalue weighted by molar-refractivity contribution is -0.130. The van der Waals surface area contributed by atoms with Crippen LogP contribution in [-0.2, 0) is 42.7 Å². The summed E-state index contributed by atoms with van der Waals surface area (Å²) in [5, 5.41) is 8.34. The molecule has 1 aliphatic rings. The van der Waals surface area contributed by atoms with Crippen molar-refractivity contribution >= 4 is 17.9 Å². The van der Waals surface area contributed by atoms with Crippen molar-refractivity contribution in [2.75, 3.05) is 106 Å². The Morgan fingerprint density at radius 1 is 0.673 bits per heavy atom. The Bertz CT molecular complexity index is 1250. The molecule has 0 radical (unpaired) electrons. The number of hydrogen-bond donors (Lipinski definition) is 4. The summed E-state index contributed by atoms with van der Waals surface area (Å²) in [5.41, 5.74) is 10.3. The van der Waals surface area contributed by atoms with Crippen LogP contribution in [0.3, 0.4) is 0 Å². The highest BCUT2D eigenvalue weighted by molar-refractivity contribution is 5.87. The lowest BCUT2D eigenvalue weighted by Crippen LogP contribution is -2.47. The van der Waals surface area contributed by atoms with Gasteiger partial charge in [-0.05, 0) is 55.0 Å². The molecule has 0 heterocycles. The molecule has 3 amide bonds. The summed E-state index contributed by atoms with van der Waals surface area (Å²) in [6, 6.07) is 15.8. The second kappa shape index (κ2) is 27.0. The topological polar surface area (TPSA) is 178 Å². The molecule has 1 unspecified atom stereocenters. The maximum atomic E-state index is 12.6. The van der Waals surface area contributed by atoms with Crippen molar-refractivity contribution in [3.05, 3.63) is 59.7 Å². The van der Waals surface area contributed by atoms with E-state index in [1.54, 1.807) is 0 Å². The number of amides is 3. The number of nitrogens with two attached hydrogens (primary N) is 1. The van der Waals surface area contributed by atoms with E-state index < -0.39 is 12.1 Å². The van der Waals surface area contributed by atoms with Crippen molar-refractivity contribution in [1.82, 2.24) is 16.0 Å². The average molecular weight is 731 g/mol. The highest BCUT2D eigenvalue weighted by atomic mass is 16.6. The number of carbonyl (C=O) groups excluding carboxylic acids is 3. The summed E-state index contributed by atoms with van der Waals surface area (Å²) >= 11 is 0. The van der Waals surface area contributed by atoms with Crippen LogP contribution in [0.4, 0.5) is 4.79 Å². The third-order valence-electron chi connectivity index (χ3n) is 8.17. The maximum Gasteiger partial charge on any atom is 0.407 e. The predicted molar refractivity (Wildman–Crippen MR) is 196 cm³/mol. The molecule has 290 valence electrons. The summed E-state index contributed by atoms with van der Waals surface area (Å²) in [4.78, 5) is 37.3. The van der Waals surface area contributed by atoms with E-state index in [2.05, 4.69) is 40.2 Å². The largest absolute Gasteiger partial charge is 0.449 e. The smallest absolute Gasteiger partial charge is 0.407 e. The summed E-state index contributed by atoms with van der Waals surface area (Å²) < 4.78 is 38.2. The van der Waals surface area contributed by atoms with Gasteiger partial charge in [0.2, 0.25) is 11.8 Å². The van der Waals surface area contributed by atoms with E-state index in [1.807, 2.05) is 31.2 Å². The lowest BCUT2D eigenvalue weighted by atomic mass is 9.98. The highest BCUT2D eigenvalue weighted by Crippen LogP contribution is 2.44. The third-order valence-corrected chi connectivity index (χ3v) is 8.17. The molecule has 0 aliphatic heterocycles. The van der Waals surface area contributed by atoms with Gasteiger partial charge in [-0.3, -0.25) is 9.59 Å². The van der Waals surface area contributed by atoms with E-state index in [-0.39, 0.29) is 37.4 Å². The van der Waals surface area contributed by atoms with Crippen LogP contribution in [0, 0.1) is 0 Å². The standard InChI is InChI=1S/C38H58N4O10/c1-2-46-21-22-48-19-16-40-37(44)35(13-7-8-15-39)42-36(43)14-18-47-23-25-50-27-28-51-26-24-49-20-17-41-38(45)52-29-34-32-11-5-3-9-30(32)31-10-4-6-12-33(31)34/h3-6,9-12,34-35H,2,7-8,13-29,39H2,1H3,(H,40,44)(H,41,45)(H,42,43). The zero-order chi connectivity index (χ0) is 37.1. The second-order valence-electron chi connectivity index (χ2n) is 12.0. The number of hydrogen-bond acceptors (Lipinski definition) is 11. The van der Waals surface area contributed by atoms with Gasteiger partial charge in [0.1, 0.15) is 12.6 Å². The number of nitrogens with one attached hydrogen (secondary N) is 3. The number of alkyl carbamates (subject to hydrolysis) is 1. The van der Waals surface area contributed by atoms with Crippen molar-refractivity contribution in [2.45, 2.75) is 44.6 Å². The Kier molecular flexibility index (Phi) is 22.2. The van der Waals surface area contributed by atoms with Crippen LogP contribution in [0.5, 0.6) is 0 Å². The van der Waals surface area contributed by atoms with Crippen molar-refractivity contribution in [3.63, 3.8) is 0 Å². The molecule has 0 bridgehead atoms. The fourth-order valence-electron chi connectivity index (χ4n) is 5.56. The minimum atomic E-state index is -0.637. The molecule has 0 saturated heterocycles. The van der Waals surface area contributed by atoms with Gasteiger partial charge >= 0.3 is 6.09 Å². The van der Waals surface area contributed by atoms with Crippen LogP contribution in [-0.4, -0.2) is 129 Å². The van der Waals surface area contributed by atoms with E-state index in [0.29, 0.717) is 98.7 Å². The third kappa shape index (κ3) is 16.8. The Morgan fingerprint density at radius 2 is 1.19 bits per heavy atom. The van der Waals surface area contributed by atoms with E-state index in [4.69, 9.17) is 38.9 Å². The van der Waals surface area contributed by atoms with Crippen molar-refractivity contribution in [2.24, 2.45) is 5.73 Å². The van der Waals surface area contributed by atoms with Crippen molar-refractivity contribution < 1.29 is 47.5 Å². The molecule has 14 nitrogen and oxygen atoms in total. The van der Waals surface area contributed by atoms with Gasteiger partial charge in [-0.15, -0.1) is 0 Å². The van der Waals surface area contributed by atoms with Crippen LogP contribution in [0.2, 0.25) is 0 Å². The normalized spacial score (nSPS) is 12.6. The Labute approximate surface area is 307 Å². The van der Waals surface area contributed by atoms with Gasteiger partial charge in [0, 0.05) is 32.0 Å².